The molecule has 0 fully saturated rings. The Labute approximate surface area is 126 Å². The van der Waals surface area contributed by atoms with E-state index < -0.39 is 5.82 Å². The maximum atomic E-state index is 13.0. The molecular weight excluding hydrogens is 287 g/mol. The van der Waals surface area contributed by atoms with Crippen molar-refractivity contribution in [3.05, 3.63) is 47.8 Å². The Morgan fingerprint density at radius 3 is 2.91 bits per heavy atom. The van der Waals surface area contributed by atoms with Crippen molar-refractivity contribution >= 4 is 5.69 Å². The summed E-state index contributed by atoms with van der Waals surface area (Å²) in [4.78, 5) is 0. The molecule has 0 radical (unpaired) electrons. The molecule has 0 amide bonds. The molecule has 2 aromatic carbocycles. The van der Waals surface area contributed by atoms with E-state index in [9.17, 15) is 4.39 Å². The Morgan fingerprint density at radius 2 is 2.05 bits per heavy atom. The van der Waals surface area contributed by atoms with Gasteiger partial charge in [0.1, 0.15) is 24.2 Å². The van der Waals surface area contributed by atoms with Crippen LogP contribution in [0.4, 0.5) is 10.1 Å². The van der Waals surface area contributed by atoms with Crippen LogP contribution in [0.25, 0.3) is 0 Å². The van der Waals surface area contributed by atoms with Gasteiger partial charge in [-0.25, -0.2) is 4.39 Å². The number of benzene rings is 2. The Hall–Kier alpha value is -2.94. The molecule has 5 nitrogen and oxygen atoms in total. The molecule has 0 atom stereocenters. The molecule has 0 spiro atoms. The number of nitriles is 1. The van der Waals surface area contributed by atoms with Gasteiger partial charge in [0.15, 0.2) is 11.5 Å². The molecule has 112 valence electrons. The smallest absolute Gasteiger partial charge is 0.231 e. The Bertz CT molecular complexity index is 728. The van der Waals surface area contributed by atoms with E-state index in [4.69, 9.17) is 19.5 Å². The first kappa shape index (κ1) is 14.0. The van der Waals surface area contributed by atoms with Crippen molar-refractivity contribution in [2.75, 3.05) is 25.3 Å². The zero-order chi connectivity index (χ0) is 15.4. The summed E-state index contributed by atoms with van der Waals surface area (Å²) >= 11 is 0. The summed E-state index contributed by atoms with van der Waals surface area (Å²) in [5.74, 6) is 1.61. The number of rotatable bonds is 5. The van der Waals surface area contributed by atoms with E-state index in [1.807, 2.05) is 6.07 Å². The van der Waals surface area contributed by atoms with Crippen molar-refractivity contribution in [2.45, 2.75) is 0 Å². The van der Waals surface area contributed by atoms with E-state index in [1.54, 1.807) is 18.2 Å². The molecule has 1 heterocycles. The first-order chi connectivity index (χ1) is 10.8. The maximum absolute atomic E-state index is 13.0. The summed E-state index contributed by atoms with van der Waals surface area (Å²) in [6, 6.07) is 11.3. The van der Waals surface area contributed by atoms with Crippen molar-refractivity contribution in [1.29, 1.82) is 5.26 Å². The van der Waals surface area contributed by atoms with Crippen molar-refractivity contribution in [3.8, 4) is 23.3 Å². The standard InChI is InChI=1S/C16H13FN2O3/c17-12-1-3-14(11(7-12)9-18)19-5-6-20-13-2-4-15-16(8-13)22-10-21-15/h1-4,7-8,19H,5-6,10H2. The highest BCUT2D eigenvalue weighted by molar-refractivity contribution is 5.57. The van der Waals surface area contributed by atoms with Crippen molar-refractivity contribution in [1.82, 2.24) is 0 Å². The minimum absolute atomic E-state index is 0.224. The highest BCUT2D eigenvalue weighted by atomic mass is 19.1. The SMILES string of the molecule is N#Cc1cc(F)ccc1NCCOc1ccc2c(c1)OCO2. The van der Waals surface area contributed by atoms with Crippen LogP contribution in [0.1, 0.15) is 5.56 Å². The van der Waals surface area contributed by atoms with Gasteiger partial charge in [0.05, 0.1) is 11.3 Å². The molecule has 22 heavy (non-hydrogen) atoms. The molecule has 1 N–H and O–H groups in total. The number of hydrogen-bond donors (Lipinski definition) is 1. The van der Waals surface area contributed by atoms with Crippen LogP contribution in [0.15, 0.2) is 36.4 Å². The number of hydrogen-bond acceptors (Lipinski definition) is 5. The summed E-state index contributed by atoms with van der Waals surface area (Å²) in [5, 5.41) is 12.0. The highest BCUT2D eigenvalue weighted by Gasteiger charge is 2.13. The van der Waals surface area contributed by atoms with E-state index in [0.29, 0.717) is 36.1 Å². The van der Waals surface area contributed by atoms with Gasteiger partial charge in [0.2, 0.25) is 6.79 Å². The normalized spacial score (nSPS) is 11.8. The minimum atomic E-state index is -0.432. The van der Waals surface area contributed by atoms with Crippen LogP contribution in [-0.2, 0) is 0 Å². The summed E-state index contributed by atoms with van der Waals surface area (Å²) in [5.41, 5.74) is 0.848. The first-order valence-corrected chi connectivity index (χ1v) is 6.72. The zero-order valence-electron chi connectivity index (χ0n) is 11.6. The van der Waals surface area contributed by atoms with Crippen LogP contribution in [-0.4, -0.2) is 19.9 Å². The zero-order valence-corrected chi connectivity index (χ0v) is 11.6. The second-order valence-corrected chi connectivity index (χ2v) is 4.59. The second-order valence-electron chi connectivity index (χ2n) is 4.59. The lowest BCUT2D eigenvalue weighted by atomic mass is 10.2. The number of fused-ring (bicyclic) bond motifs is 1. The van der Waals surface area contributed by atoms with Crippen LogP contribution in [0, 0.1) is 17.1 Å². The van der Waals surface area contributed by atoms with Crippen LogP contribution >= 0.6 is 0 Å². The van der Waals surface area contributed by atoms with Crippen molar-refractivity contribution in [2.24, 2.45) is 0 Å². The quantitative estimate of drug-likeness (QED) is 0.860. The average molecular weight is 300 g/mol. The van der Waals surface area contributed by atoms with Gasteiger partial charge in [-0.2, -0.15) is 5.26 Å². The molecule has 0 saturated carbocycles. The number of halogens is 1. The van der Waals surface area contributed by atoms with Crippen LogP contribution in [0.3, 0.4) is 0 Å². The second kappa shape index (κ2) is 6.22. The van der Waals surface area contributed by atoms with E-state index in [-0.39, 0.29) is 12.4 Å². The largest absolute Gasteiger partial charge is 0.492 e. The first-order valence-electron chi connectivity index (χ1n) is 6.72. The Kier molecular flexibility index (Phi) is 3.97. The Balaban J connectivity index is 1.53. The van der Waals surface area contributed by atoms with Crippen LogP contribution in [0.5, 0.6) is 17.2 Å². The van der Waals surface area contributed by atoms with Gasteiger partial charge in [-0.05, 0) is 30.3 Å². The van der Waals surface area contributed by atoms with Gasteiger partial charge in [-0.1, -0.05) is 0 Å². The molecule has 0 unspecified atom stereocenters. The molecule has 0 saturated heterocycles. The lowest BCUT2D eigenvalue weighted by Gasteiger charge is -2.10. The monoisotopic (exact) mass is 300 g/mol. The summed E-state index contributed by atoms with van der Waals surface area (Å²) in [6.45, 7) is 1.10. The molecule has 0 bridgehead atoms. The highest BCUT2D eigenvalue weighted by Crippen LogP contribution is 2.35. The van der Waals surface area contributed by atoms with Gasteiger partial charge in [0.25, 0.3) is 0 Å². The van der Waals surface area contributed by atoms with Crippen molar-refractivity contribution in [3.63, 3.8) is 0 Å². The Morgan fingerprint density at radius 1 is 1.18 bits per heavy atom. The molecule has 1 aliphatic heterocycles. The molecule has 1 aliphatic rings. The molecule has 2 aromatic rings. The van der Waals surface area contributed by atoms with E-state index in [1.165, 1.54) is 18.2 Å². The summed E-state index contributed by atoms with van der Waals surface area (Å²) in [7, 11) is 0. The molecule has 0 aliphatic carbocycles. The fourth-order valence-electron chi connectivity index (χ4n) is 2.08. The topological polar surface area (TPSA) is 63.5 Å². The van der Waals surface area contributed by atoms with Gasteiger partial charge in [-0.3, -0.25) is 0 Å². The van der Waals surface area contributed by atoms with E-state index >= 15 is 0 Å². The minimum Gasteiger partial charge on any atom is -0.492 e. The maximum Gasteiger partial charge on any atom is 0.231 e. The third-order valence-electron chi connectivity index (χ3n) is 3.13. The van der Waals surface area contributed by atoms with Gasteiger partial charge >= 0.3 is 0 Å². The predicted octanol–water partition coefficient (Wildman–Crippen LogP) is 2.92. The molecule has 3 rings (SSSR count). The third kappa shape index (κ3) is 3.04. The van der Waals surface area contributed by atoms with Gasteiger partial charge in [0, 0.05) is 12.6 Å². The number of ether oxygens (including phenoxy) is 3. The fraction of sp³-hybridized carbons (Fsp3) is 0.188. The van der Waals surface area contributed by atoms with Gasteiger partial charge in [-0.15, -0.1) is 0 Å². The molecule has 0 aromatic heterocycles. The third-order valence-corrected chi connectivity index (χ3v) is 3.13. The lowest BCUT2D eigenvalue weighted by molar-refractivity contribution is 0.174. The van der Waals surface area contributed by atoms with E-state index in [2.05, 4.69) is 5.32 Å². The molecule has 6 heteroatoms. The fourth-order valence-corrected chi connectivity index (χ4v) is 2.08. The van der Waals surface area contributed by atoms with Crippen LogP contribution in [0.2, 0.25) is 0 Å². The average Bonchev–Trinajstić information content (AvgIpc) is 3.00. The number of anilines is 1. The lowest BCUT2D eigenvalue weighted by Crippen LogP contribution is -2.12. The van der Waals surface area contributed by atoms with Gasteiger partial charge < -0.3 is 19.5 Å². The molecular formula is C16H13FN2O3. The summed E-state index contributed by atoms with van der Waals surface area (Å²) < 4.78 is 29.1. The van der Waals surface area contributed by atoms with Crippen molar-refractivity contribution < 1.29 is 18.6 Å². The number of nitrogens with one attached hydrogen (secondary N) is 1. The van der Waals surface area contributed by atoms with Crippen LogP contribution < -0.4 is 19.5 Å². The van der Waals surface area contributed by atoms with E-state index in [0.717, 1.165) is 0 Å². The number of nitrogens with zero attached hydrogens (tertiary/aromatic N) is 1. The predicted molar refractivity (Wildman–Crippen MR) is 77.7 cm³/mol. The summed E-state index contributed by atoms with van der Waals surface area (Å²) in [6.07, 6.45) is 0.